The van der Waals surface area contributed by atoms with Crippen LogP contribution in [0, 0.1) is 0 Å². The van der Waals surface area contributed by atoms with Gasteiger partial charge < -0.3 is 49.9 Å². The first-order valence-corrected chi connectivity index (χ1v) is 23.2. The van der Waals surface area contributed by atoms with E-state index in [9.17, 15) is 43.5 Å². The summed E-state index contributed by atoms with van der Waals surface area (Å²) in [5.74, 6) is -0.851. The first-order chi connectivity index (χ1) is 32.0. The van der Waals surface area contributed by atoms with Gasteiger partial charge >= 0.3 is 12.2 Å². The van der Waals surface area contributed by atoms with E-state index in [1.54, 1.807) is 40.4 Å². The van der Waals surface area contributed by atoms with Gasteiger partial charge in [-0.05, 0) is 82.7 Å². The smallest absolute Gasteiger partial charge is 0.407 e. The number of hydrogen-bond donors (Lipinski definition) is 4. The van der Waals surface area contributed by atoms with Crippen molar-refractivity contribution in [3.05, 3.63) is 83.4 Å². The van der Waals surface area contributed by atoms with Crippen LogP contribution in [0.15, 0.2) is 61.2 Å². The lowest BCUT2D eigenvalue weighted by molar-refractivity contribution is -0.140. The van der Waals surface area contributed by atoms with E-state index in [0.717, 1.165) is 22.3 Å². The van der Waals surface area contributed by atoms with Crippen molar-refractivity contribution in [2.75, 3.05) is 59.0 Å². The molecule has 1 atom stereocenters. The number of benzene rings is 2. The molecule has 0 aromatic heterocycles. The van der Waals surface area contributed by atoms with Crippen molar-refractivity contribution in [1.29, 1.82) is 0 Å². The van der Waals surface area contributed by atoms with E-state index in [0.29, 0.717) is 91.1 Å². The lowest BCUT2D eigenvalue weighted by atomic mass is 10.1. The third kappa shape index (κ3) is 21.7. The summed E-state index contributed by atoms with van der Waals surface area (Å²) in [6, 6.07) is 15.5. The third-order valence-electron chi connectivity index (χ3n) is 10.9. The minimum absolute atomic E-state index is 0.0207. The van der Waals surface area contributed by atoms with Gasteiger partial charge in [0.05, 0.1) is 6.61 Å². The maximum Gasteiger partial charge on any atom is 0.407 e. The molecular weight excluding hydrogens is 877 g/mol. The van der Waals surface area contributed by atoms with Gasteiger partial charge in [0.1, 0.15) is 17.3 Å². The number of Topliss-reactive ketones (excluding diaryl/α,β-unsaturated/α-hetero) is 1. The third-order valence-corrected chi connectivity index (χ3v) is 10.9. The van der Waals surface area contributed by atoms with E-state index in [4.69, 9.17) is 14.6 Å². The summed E-state index contributed by atoms with van der Waals surface area (Å²) in [6.07, 6.45) is 1.07. The standard InChI is InChI=1S/C25H37N3O7.C25H35N3O5/c1-25(2,3)35-24(34)26-16-19-6-4-18(5-7-19)8-10-22(32)27-12-14-28(15-13-27)23(33)11-9-20(30)21(31)17-29;1-5-21(29)11-13-23(31)28-16-14-27(15-17-28)22(30)12-10-19-6-8-20(9-7-19)18-26-24(32)33-25(2,3)4/h4-7,21,29,31H,8-17H2,1-3H3,(H,26,34);5-9H,1,10-18H2,2-4H3,(H,26,32). The van der Waals surface area contributed by atoms with E-state index in [2.05, 4.69) is 17.2 Å². The summed E-state index contributed by atoms with van der Waals surface area (Å²) in [6.45, 7) is 18.0. The molecule has 0 bridgehead atoms. The van der Waals surface area contributed by atoms with Gasteiger partial charge in [-0.3, -0.25) is 28.8 Å². The number of alkyl carbamates (subject to hydrolysis) is 2. The minimum Gasteiger partial charge on any atom is -0.444 e. The molecule has 2 fully saturated rings. The molecule has 1 unspecified atom stereocenters. The monoisotopic (exact) mass is 949 g/mol. The molecule has 2 aliphatic heterocycles. The van der Waals surface area contributed by atoms with Crippen molar-refractivity contribution in [1.82, 2.24) is 30.2 Å². The SMILES string of the molecule is C=CC(=O)CCC(=O)N1CCN(C(=O)CCc2ccc(CNC(=O)OC(C)(C)C)cc2)CC1.CC(C)(C)OC(=O)NCc1ccc(CCC(=O)N2CCN(C(=O)CCC(=O)C(O)CO)CC2)cc1. The average Bonchev–Trinajstić information content (AvgIpc) is 3.31. The number of aliphatic hydroxyl groups is 2. The second-order valence-corrected chi connectivity index (χ2v) is 18.7. The summed E-state index contributed by atoms with van der Waals surface area (Å²) in [5.41, 5.74) is 2.86. The molecule has 18 heteroatoms. The molecule has 374 valence electrons. The number of amides is 6. The van der Waals surface area contributed by atoms with Gasteiger partial charge in [0.15, 0.2) is 11.6 Å². The molecule has 2 aromatic rings. The Morgan fingerprint density at radius 1 is 0.544 bits per heavy atom. The summed E-state index contributed by atoms with van der Waals surface area (Å²) >= 11 is 0. The Kier molecular flexibility index (Phi) is 22.8. The number of allylic oxidation sites excluding steroid dienone is 1. The Balaban J connectivity index is 0.000000361. The molecule has 6 amide bonds. The second-order valence-electron chi connectivity index (χ2n) is 18.7. The van der Waals surface area contributed by atoms with Crippen LogP contribution in [0.4, 0.5) is 9.59 Å². The number of hydrogen-bond acceptors (Lipinski definition) is 12. The van der Waals surface area contributed by atoms with Crippen molar-refractivity contribution in [3.63, 3.8) is 0 Å². The van der Waals surface area contributed by atoms with Gasteiger partial charge in [-0.15, -0.1) is 0 Å². The Hall–Kier alpha value is -6.14. The van der Waals surface area contributed by atoms with Crippen LogP contribution in [0.1, 0.15) is 102 Å². The predicted octanol–water partition coefficient (Wildman–Crippen LogP) is 3.87. The summed E-state index contributed by atoms with van der Waals surface area (Å²) in [5, 5.41) is 23.5. The number of nitrogens with zero attached hydrogens (tertiary/aromatic N) is 4. The van der Waals surface area contributed by atoms with Crippen molar-refractivity contribution in [3.8, 4) is 0 Å². The van der Waals surface area contributed by atoms with E-state index in [-0.39, 0.29) is 55.1 Å². The van der Waals surface area contributed by atoms with Crippen LogP contribution >= 0.6 is 0 Å². The van der Waals surface area contributed by atoms with Crippen LogP contribution in [0.3, 0.4) is 0 Å². The zero-order chi connectivity index (χ0) is 50.4. The number of ether oxygens (including phenoxy) is 2. The average molecular weight is 949 g/mol. The highest BCUT2D eigenvalue weighted by molar-refractivity contribution is 5.92. The number of rotatable bonds is 19. The fourth-order valence-electron chi connectivity index (χ4n) is 7.00. The maximum absolute atomic E-state index is 12.6. The highest BCUT2D eigenvalue weighted by Gasteiger charge is 2.26. The normalized spacial score (nSPS) is 14.4. The summed E-state index contributed by atoms with van der Waals surface area (Å²) < 4.78 is 10.4. The van der Waals surface area contributed by atoms with Gasteiger partial charge in [0, 0.05) is 104 Å². The molecular formula is C50H72N6O12. The first-order valence-electron chi connectivity index (χ1n) is 23.2. The van der Waals surface area contributed by atoms with Crippen molar-refractivity contribution in [2.45, 2.75) is 123 Å². The fourth-order valence-corrected chi connectivity index (χ4v) is 7.00. The van der Waals surface area contributed by atoms with Crippen LogP contribution in [0.5, 0.6) is 0 Å². The lowest BCUT2D eigenvalue weighted by Crippen LogP contribution is -2.50. The Labute approximate surface area is 400 Å². The highest BCUT2D eigenvalue weighted by atomic mass is 16.6. The van der Waals surface area contributed by atoms with Gasteiger partial charge in [0.25, 0.3) is 0 Å². The van der Waals surface area contributed by atoms with Crippen molar-refractivity contribution < 1.29 is 58.0 Å². The summed E-state index contributed by atoms with van der Waals surface area (Å²) in [7, 11) is 0. The van der Waals surface area contributed by atoms with Crippen LogP contribution in [-0.4, -0.2) is 153 Å². The second kappa shape index (κ2) is 27.6. The number of carbonyl (C=O) groups excluding carboxylic acids is 8. The van der Waals surface area contributed by atoms with Crippen molar-refractivity contribution >= 4 is 47.4 Å². The molecule has 2 aromatic carbocycles. The Morgan fingerprint density at radius 2 is 0.853 bits per heavy atom. The van der Waals surface area contributed by atoms with E-state index < -0.39 is 41.9 Å². The summed E-state index contributed by atoms with van der Waals surface area (Å²) in [4.78, 5) is 103. The topological polar surface area (TPSA) is 232 Å². The molecule has 0 radical (unpaired) electrons. The first kappa shape index (κ1) is 56.2. The molecule has 18 nitrogen and oxygen atoms in total. The predicted molar refractivity (Wildman–Crippen MR) is 254 cm³/mol. The lowest BCUT2D eigenvalue weighted by Gasteiger charge is -2.35. The number of ketones is 2. The molecule has 0 spiro atoms. The zero-order valence-corrected chi connectivity index (χ0v) is 40.7. The quantitative estimate of drug-likeness (QED) is 0.147. The molecule has 4 rings (SSSR count). The molecule has 68 heavy (non-hydrogen) atoms. The van der Waals surface area contributed by atoms with Gasteiger partial charge in [0.2, 0.25) is 23.6 Å². The van der Waals surface area contributed by atoms with Crippen LogP contribution in [0.2, 0.25) is 0 Å². The Morgan fingerprint density at radius 3 is 1.16 bits per heavy atom. The van der Waals surface area contributed by atoms with E-state index >= 15 is 0 Å². The van der Waals surface area contributed by atoms with E-state index in [1.165, 1.54) is 6.08 Å². The maximum atomic E-state index is 12.6. The molecule has 2 saturated heterocycles. The zero-order valence-electron chi connectivity index (χ0n) is 40.7. The minimum atomic E-state index is -1.44. The number of piperazine rings is 2. The van der Waals surface area contributed by atoms with Crippen LogP contribution in [0.25, 0.3) is 0 Å². The van der Waals surface area contributed by atoms with Crippen LogP contribution < -0.4 is 10.6 Å². The van der Waals surface area contributed by atoms with Crippen LogP contribution in [-0.2, 0) is 64.2 Å². The Bertz CT molecular complexity index is 2010. The largest absolute Gasteiger partial charge is 0.444 e. The highest BCUT2D eigenvalue weighted by Crippen LogP contribution is 2.15. The van der Waals surface area contributed by atoms with Gasteiger partial charge in [-0.25, -0.2) is 9.59 Å². The molecule has 4 N–H and O–H groups in total. The number of aryl methyl sites for hydroxylation is 2. The van der Waals surface area contributed by atoms with E-state index in [1.807, 2.05) is 69.3 Å². The number of aliphatic hydroxyl groups excluding tert-OH is 2. The number of nitrogens with one attached hydrogen (secondary N) is 2. The fraction of sp³-hybridized carbons (Fsp3) is 0.560. The molecule has 2 heterocycles. The van der Waals surface area contributed by atoms with Gasteiger partial charge in [-0.1, -0.05) is 55.1 Å². The molecule has 0 aliphatic carbocycles. The number of carbonyl (C=O) groups is 8. The van der Waals surface area contributed by atoms with Gasteiger partial charge in [-0.2, -0.15) is 0 Å². The molecule has 2 aliphatic rings. The molecule has 0 saturated carbocycles. The van der Waals surface area contributed by atoms with Crippen molar-refractivity contribution in [2.24, 2.45) is 0 Å².